The number of anilines is 2. The number of hydrogen-bond acceptors (Lipinski definition) is 2. The topological polar surface area (TPSA) is 100 Å². The maximum absolute atomic E-state index is 14.1. The third-order valence-electron chi connectivity index (χ3n) is 5.16. The Morgan fingerprint density at radius 3 is 2.18 bits per heavy atom. The molecule has 0 saturated heterocycles. The summed E-state index contributed by atoms with van der Waals surface area (Å²) >= 11 is 0. The largest absolute Gasteiger partial charge is 0.364 e. The van der Waals surface area contributed by atoms with Crippen LogP contribution in [0, 0.1) is 36.0 Å². The van der Waals surface area contributed by atoms with Gasteiger partial charge in [0.1, 0.15) is 17.2 Å². The molecular weight excluding hydrogens is 459 g/mol. The molecule has 11 heteroatoms. The molecule has 0 aliphatic rings. The number of H-pyrrole nitrogens is 1. The van der Waals surface area contributed by atoms with Crippen LogP contribution in [0.15, 0.2) is 42.5 Å². The third kappa shape index (κ3) is 3.91. The quantitative estimate of drug-likeness (QED) is 0.176. The highest BCUT2D eigenvalue weighted by Crippen LogP contribution is 2.33. The Morgan fingerprint density at radius 2 is 1.53 bits per heavy atom. The predicted octanol–water partition coefficient (Wildman–Crippen LogP) is 5.58. The summed E-state index contributed by atoms with van der Waals surface area (Å²) in [7, 11) is 0. The zero-order valence-electron chi connectivity index (χ0n) is 17.3. The smallest absolute Gasteiger partial charge is 0.323 e. The molecule has 3 amide bonds. The van der Waals surface area contributed by atoms with Gasteiger partial charge < -0.3 is 21.4 Å². The molecule has 5 N–H and O–H groups in total. The van der Waals surface area contributed by atoms with Crippen molar-refractivity contribution in [3.05, 3.63) is 82.8 Å². The summed E-state index contributed by atoms with van der Waals surface area (Å²) in [6.07, 6.45) is 0. The van der Waals surface area contributed by atoms with Crippen LogP contribution in [-0.2, 0) is 0 Å². The average Bonchev–Trinajstić information content (AvgIpc) is 3.18. The number of carbonyl (C=O) groups is 2. The number of hydrogen-bond donors (Lipinski definition) is 4. The van der Waals surface area contributed by atoms with Crippen molar-refractivity contribution < 1.29 is 31.5 Å². The van der Waals surface area contributed by atoms with Gasteiger partial charge >= 0.3 is 6.03 Å². The number of aromatic nitrogens is 1. The molecule has 0 saturated carbocycles. The van der Waals surface area contributed by atoms with Crippen LogP contribution in [0.2, 0.25) is 0 Å². The molecule has 4 rings (SSSR count). The average molecular weight is 474 g/mol. The lowest BCUT2D eigenvalue weighted by molar-refractivity contribution is 0.0997. The number of primary amides is 1. The highest BCUT2D eigenvalue weighted by atomic mass is 19.2. The molecule has 4 aromatic rings. The van der Waals surface area contributed by atoms with E-state index in [1.807, 2.05) is 5.32 Å². The minimum Gasteiger partial charge on any atom is -0.364 e. The SMILES string of the molecule is Cc1c(F)c(F)c(F)c(NC(=O)Nc2ccc(-c3c(C(N)=O)[nH]c4cc(F)ccc34)cc2)c1F. The van der Waals surface area contributed by atoms with E-state index in [4.69, 9.17) is 5.73 Å². The molecule has 0 bridgehead atoms. The van der Waals surface area contributed by atoms with Gasteiger partial charge in [-0.25, -0.2) is 26.7 Å². The Hall–Kier alpha value is -4.41. The fraction of sp³-hybridized carbons (Fsp3) is 0.0435. The van der Waals surface area contributed by atoms with Crippen LogP contribution in [0.5, 0.6) is 0 Å². The molecule has 1 heterocycles. The summed E-state index contributed by atoms with van der Waals surface area (Å²) < 4.78 is 68.6. The molecule has 6 nitrogen and oxygen atoms in total. The van der Waals surface area contributed by atoms with Crippen LogP contribution in [0.4, 0.5) is 38.1 Å². The number of carbonyl (C=O) groups excluding carboxylic acids is 2. The van der Waals surface area contributed by atoms with Gasteiger partial charge in [0.2, 0.25) is 0 Å². The van der Waals surface area contributed by atoms with Gasteiger partial charge in [-0.3, -0.25) is 4.79 Å². The number of urea groups is 1. The minimum absolute atomic E-state index is 0.0544. The number of fused-ring (bicyclic) bond motifs is 1. The lowest BCUT2D eigenvalue weighted by Gasteiger charge is -2.12. The Balaban J connectivity index is 1.60. The molecule has 174 valence electrons. The number of nitrogens with one attached hydrogen (secondary N) is 3. The van der Waals surface area contributed by atoms with Crippen molar-refractivity contribution in [2.24, 2.45) is 5.73 Å². The number of aromatic amines is 1. The van der Waals surface area contributed by atoms with Gasteiger partial charge in [0.05, 0.1) is 0 Å². The van der Waals surface area contributed by atoms with Gasteiger partial charge in [0.25, 0.3) is 5.91 Å². The van der Waals surface area contributed by atoms with Crippen LogP contribution >= 0.6 is 0 Å². The molecular formula is C23H15F5N4O2. The van der Waals surface area contributed by atoms with E-state index in [1.165, 1.54) is 42.5 Å². The third-order valence-corrected chi connectivity index (χ3v) is 5.16. The van der Waals surface area contributed by atoms with Crippen LogP contribution in [-0.4, -0.2) is 16.9 Å². The maximum Gasteiger partial charge on any atom is 0.323 e. The maximum atomic E-state index is 14.1. The molecule has 0 fully saturated rings. The lowest BCUT2D eigenvalue weighted by atomic mass is 10.0. The molecule has 0 radical (unpaired) electrons. The normalized spacial score (nSPS) is 11.0. The minimum atomic E-state index is -1.91. The summed E-state index contributed by atoms with van der Waals surface area (Å²) in [4.78, 5) is 26.8. The van der Waals surface area contributed by atoms with Crippen molar-refractivity contribution in [3.8, 4) is 11.1 Å². The summed E-state index contributed by atoms with van der Waals surface area (Å²) in [5.41, 5.74) is 5.02. The Labute approximate surface area is 188 Å². The highest BCUT2D eigenvalue weighted by Gasteiger charge is 2.24. The Bertz CT molecular complexity index is 1440. The van der Waals surface area contributed by atoms with Crippen LogP contribution < -0.4 is 16.4 Å². The number of amides is 3. The van der Waals surface area contributed by atoms with Gasteiger partial charge in [-0.05, 0) is 42.8 Å². The second-order valence-electron chi connectivity index (χ2n) is 7.34. The second-order valence-corrected chi connectivity index (χ2v) is 7.34. The van der Waals surface area contributed by atoms with E-state index in [1.54, 1.807) is 0 Å². The van der Waals surface area contributed by atoms with E-state index < -0.39 is 52.3 Å². The highest BCUT2D eigenvalue weighted by molar-refractivity contribution is 6.09. The number of rotatable bonds is 4. The zero-order chi connectivity index (χ0) is 24.7. The lowest BCUT2D eigenvalue weighted by Crippen LogP contribution is -2.22. The van der Waals surface area contributed by atoms with Crippen molar-refractivity contribution in [1.82, 2.24) is 4.98 Å². The summed E-state index contributed by atoms with van der Waals surface area (Å²) in [5, 5.41) is 4.66. The first kappa shape index (κ1) is 22.8. The van der Waals surface area contributed by atoms with E-state index in [0.717, 1.165) is 6.92 Å². The first-order chi connectivity index (χ1) is 16.1. The zero-order valence-corrected chi connectivity index (χ0v) is 17.3. The molecule has 0 unspecified atom stereocenters. The van der Waals surface area contributed by atoms with Crippen LogP contribution in [0.25, 0.3) is 22.0 Å². The van der Waals surface area contributed by atoms with E-state index in [0.29, 0.717) is 22.0 Å². The predicted molar refractivity (Wildman–Crippen MR) is 116 cm³/mol. The fourth-order valence-electron chi connectivity index (χ4n) is 3.51. The van der Waals surface area contributed by atoms with E-state index in [-0.39, 0.29) is 11.4 Å². The molecule has 0 aliphatic heterocycles. The second kappa shape index (κ2) is 8.50. The summed E-state index contributed by atoms with van der Waals surface area (Å²) in [6, 6.07) is 8.70. The van der Waals surface area contributed by atoms with Crippen molar-refractivity contribution in [3.63, 3.8) is 0 Å². The van der Waals surface area contributed by atoms with Crippen LogP contribution in [0.3, 0.4) is 0 Å². The molecule has 3 aromatic carbocycles. The molecule has 1 aromatic heterocycles. The van der Waals surface area contributed by atoms with E-state index >= 15 is 0 Å². The van der Waals surface area contributed by atoms with Gasteiger partial charge in [0.15, 0.2) is 23.3 Å². The van der Waals surface area contributed by atoms with Gasteiger partial charge in [-0.2, -0.15) is 0 Å². The van der Waals surface area contributed by atoms with Crippen molar-refractivity contribution >= 4 is 34.2 Å². The standard InChI is InChI=1S/C23H15F5N4O2/c1-9-16(25)18(27)19(28)21(17(9)26)32-23(34)30-12-5-2-10(3-6-12)15-13-7-4-11(24)8-14(13)31-20(15)22(29)33/h2-8,31H,1H3,(H2,29,33)(H2,30,32,34). The Kier molecular flexibility index (Phi) is 5.70. The van der Waals surface area contributed by atoms with Crippen molar-refractivity contribution in [2.75, 3.05) is 10.6 Å². The number of nitrogens with two attached hydrogens (primary N) is 1. The monoisotopic (exact) mass is 474 g/mol. The van der Waals surface area contributed by atoms with Gasteiger partial charge in [-0.15, -0.1) is 0 Å². The van der Waals surface area contributed by atoms with Gasteiger partial charge in [-0.1, -0.05) is 12.1 Å². The summed E-state index contributed by atoms with van der Waals surface area (Å²) in [5.74, 6) is -8.20. The van der Waals surface area contributed by atoms with Gasteiger partial charge in [0, 0.05) is 27.7 Å². The first-order valence-electron chi connectivity index (χ1n) is 9.70. The molecule has 34 heavy (non-hydrogen) atoms. The molecule has 0 atom stereocenters. The summed E-state index contributed by atoms with van der Waals surface area (Å²) in [6.45, 7) is 0.897. The van der Waals surface area contributed by atoms with Crippen LogP contribution in [0.1, 0.15) is 16.1 Å². The number of halogens is 5. The molecule has 0 spiro atoms. The first-order valence-corrected chi connectivity index (χ1v) is 9.70. The van der Waals surface area contributed by atoms with Crippen molar-refractivity contribution in [1.29, 1.82) is 0 Å². The Morgan fingerprint density at radius 1 is 0.853 bits per heavy atom. The fourth-order valence-corrected chi connectivity index (χ4v) is 3.51. The molecule has 0 aliphatic carbocycles. The number of benzene rings is 3. The van der Waals surface area contributed by atoms with E-state index in [2.05, 4.69) is 10.3 Å². The van der Waals surface area contributed by atoms with E-state index in [9.17, 15) is 31.5 Å². The van der Waals surface area contributed by atoms with Crippen molar-refractivity contribution in [2.45, 2.75) is 6.92 Å².